The van der Waals surface area contributed by atoms with E-state index in [0.29, 0.717) is 44.3 Å². The number of nitrogens with one attached hydrogen (secondary N) is 3. The van der Waals surface area contributed by atoms with E-state index in [1.165, 1.54) is 0 Å². The number of nitrogens with zero attached hydrogens (tertiary/aromatic N) is 4. The summed E-state index contributed by atoms with van der Waals surface area (Å²) in [4.78, 5) is 58.8. The maximum Gasteiger partial charge on any atom is 0.250 e. The Morgan fingerprint density at radius 3 is 2.50 bits per heavy atom. The van der Waals surface area contributed by atoms with Gasteiger partial charge in [0.25, 0.3) is 0 Å². The molecule has 3 atom stereocenters. The van der Waals surface area contributed by atoms with Gasteiger partial charge in [0, 0.05) is 30.0 Å². The summed E-state index contributed by atoms with van der Waals surface area (Å²) >= 11 is 0. The Kier molecular flexibility index (Phi) is 11.5. The lowest BCUT2D eigenvalue weighted by Crippen LogP contribution is -2.40. The third kappa shape index (κ3) is 7.89. The minimum absolute atomic E-state index is 0.126. The molecule has 0 fully saturated rings. The van der Waals surface area contributed by atoms with E-state index in [0.717, 1.165) is 86.2 Å². The molecule has 11 nitrogen and oxygen atoms in total. The average Bonchev–Trinajstić information content (AvgIpc) is 3.88. The van der Waals surface area contributed by atoms with E-state index < -0.39 is 6.04 Å². The molecule has 3 N–H and O–H groups in total. The van der Waals surface area contributed by atoms with Crippen LogP contribution in [-0.4, -0.2) is 60.5 Å². The van der Waals surface area contributed by atoms with Crippen LogP contribution in [-0.2, 0) is 34.1 Å². The Labute approximate surface area is 327 Å². The van der Waals surface area contributed by atoms with Crippen LogP contribution in [0, 0.1) is 5.92 Å². The number of amides is 3. The number of aromatic amines is 2. The zero-order valence-electron chi connectivity index (χ0n) is 32.9. The number of hydrogen-bond acceptors (Lipinski definition) is 6. The Bertz CT molecular complexity index is 2350. The molecule has 290 valence electrons. The van der Waals surface area contributed by atoms with E-state index in [1.807, 2.05) is 54.4 Å². The van der Waals surface area contributed by atoms with Gasteiger partial charge in [-0.05, 0) is 77.6 Å². The van der Waals surface area contributed by atoms with Gasteiger partial charge in [0.05, 0.1) is 36.0 Å². The number of carbonyl (C=O) groups is 3. The van der Waals surface area contributed by atoms with Gasteiger partial charge in [-0.1, -0.05) is 82.6 Å². The van der Waals surface area contributed by atoms with Gasteiger partial charge in [-0.25, -0.2) is 9.97 Å². The van der Waals surface area contributed by atoms with Crippen LogP contribution in [0.15, 0.2) is 79.0 Å². The predicted molar refractivity (Wildman–Crippen MR) is 219 cm³/mol. The van der Waals surface area contributed by atoms with E-state index >= 15 is 0 Å². The number of carbonyl (C=O) groups excluding carboxylic acids is 3. The number of imidazole rings is 2. The molecule has 3 heterocycles. The molecule has 0 aliphatic carbocycles. The van der Waals surface area contributed by atoms with Crippen molar-refractivity contribution in [1.29, 1.82) is 0 Å². The van der Waals surface area contributed by atoms with Crippen LogP contribution in [0.4, 0.5) is 0 Å². The largest absolute Gasteiger partial charge is 0.488 e. The van der Waals surface area contributed by atoms with Crippen molar-refractivity contribution in [3.8, 4) is 28.1 Å². The van der Waals surface area contributed by atoms with Gasteiger partial charge in [0.1, 0.15) is 30.0 Å². The SMILES string of the molecule is CCCN(Cc1nc2c(ccc3cc4c(cc32)OCc2cc(-c3cnc(CN(C(=O)CC(C)CC)[C@@H](C)CC)[nH]3)ccc2-4)[nH]1)C(=O)C(NC=O)c1ccccc1. The van der Waals surface area contributed by atoms with Crippen LogP contribution in [0.1, 0.15) is 89.1 Å². The molecule has 56 heavy (non-hydrogen) atoms. The highest BCUT2D eigenvalue weighted by Gasteiger charge is 2.27. The van der Waals surface area contributed by atoms with Crippen LogP contribution < -0.4 is 10.1 Å². The molecular formula is C45H51N7O4. The predicted octanol–water partition coefficient (Wildman–Crippen LogP) is 8.45. The van der Waals surface area contributed by atoms with Crippen LogP contribution in [0.25, 0.3) is 44.2 Å². The lowest BCUT2D eigenvalue weighted by molar-refractivity contribution is -0.136. The molecule has 6 aromatic rings. The van der Waals surface area contributed by atoms with Crippen molar-refractivity contribution >= 4 is 40.0 Å². The standard InChI is InChI=1S/C45H51N7O4/c1-6-18-51(45(55)43(47-27-53)30-12-10-9-11-13-30)24-41-48-37-17-15-31-21-36-34-16-14-32(20-33(34)26-56-39(36)22-35(31)44(37)50-41)38-23-46-40(49-38)25-52(29(5)8-3)42(54)19-28(4)7-2/h9-17,20-23,27-29,43H,6-8,18-19,24-26H2,1-5H3,(H,46,49)(H,47,53)(H,48,50)/t28?,29-,43?/m0/s1. The number of rotatable bonds is 16. The summed E-state index contributed by atoms with van der Waals surface area (Å²) in [5, 5.41) is 4.70. The normalized spacial score (nSPS) is 13.7. The summed E-state index contributed by atoms with van der Waals surface area (Å²) in [7, 11) is 0. The molecular weight excluding hydrogens is 703 g/mol. The van der Waals surface area contributed by atoms with Gasteiger partial charge in [0.2, 0.25) is 18.2 Å². The summed E-state index contributed by atoms with van der Waals surface area (Å²) < 4.78 is 6.39. The van der Waals surface area contributed by atoms with E-state index in [4.69, 9.17) is 9.72 Å². The number of hydrogen-bond donors (Lipinski definition) is 3. The lowest BCUT2D eigenvalue weighted by atomic mass is 9.92. The topological polar surface area (TPSA) is 136 Å². The van der Waals surface area contributed by atoms with Gasteiger partial charge in [-0.15, -0.1) is 0 Å². The molecule has 0 radical (unpaired) electrons. The fraction of sp³-hybridized carbons (Fsp3) is 0.356. The van der Waals surface area contributed by atoms with Gasteiger partial charge in [-0.2, -0.15) is 0 Å². The van der Waals surface area contributed by atoms with Gasteiger partial charge < -0.3 is 29.8 Å². The Hall–Kier alpha value is -5.97. The monoisotopic (exact) mass is 753 g/mol. The molecule has 7 rings (SSSR count). The van der Waals surface area contributed by atoms with Crippen LogP contribution >= 0.6 is 0 Å². The molecule has 1 aliphatic heterocycles. The zero-order valence-corrected chi connectivity index (χ0v) is 32.9. The molecule has 3 amide bonds. The second kappa shape index (κ2) is 16.8. The van der Waals surface area contributed by atoms with Crippen molar-refractivity contribution in [2.75, 3.05) is 6.54 Å². The first kappa shape index (κ1) is 38.3. The van der Waals surface area contributed by atoms with Crippen molar-refractivity contribution in [3.05, 3.63) is 102 Å². The summed E-state index contributed by atoms with van der Waals surface area (Å²) in [5.41, 5.74) is 7.53. The van der Waals surface area contributed by atoms with Crippen LogP contribution in [0.2, 0.25) is 0 Å². The summed E-state index contributed by atoms with van der Waals surface area (Å²) in [6.45, 7) is 12.1. The van der Waals surface area contributed by atoms with Gasteiger partial charge in [-0.3, -0.25) is 14.4 Å². The maximum absolute atomic E-state index is 13.8. The molecule has 0 bridgehead atoms. The fourth-order valence-electron chi connectivity index (χ4n) is 7.52. The first-order valence-electron chi connectivity index (χ1n) is 19.8. The molecule has 2 aromatic heterocycles. The first-order chi connectivity index (χ1) is 27.2. The highest BCUT2D eigenvalue weighted by molar-refractivity contribution is 6.07. The quantitative estimate of drug-likeness (QED) is 0.0849. The number of aromatic nitrogens is 4. The molecule has 2 unspecified atom stereocenters. The minimum atomic E-state index is -0.786. The van der Waals surface area contributed by atoms with Crippen LogP contribution in [0.3, 0.4) is 0 Å². The fourth-order valence-corrected chi connectivity index (χ4v) is 7.52. The van der Waals surface area contributed by atoms with Gasteiger partial charge >= 0.3 is 0 Å². The van der Waals surface area contributed by atoms with Crippen molar-refractivity contribution in [2.24, 2.45) is 5.92 Å². The summed E-state index contributed by atoms with van der Waals surface area (Å²) in [6, 6.07) is 23.4. The van der Waals surface area contributed by atoms with Gasteiger partial charge in [0.15, 0.2) is 0 Å². The van der Waals surface area contributed by atoms with E-state index in [2.05, 4.69) is 84.4 Å². The third-order valence-corrected chi connectivity index (χ3v) is 11.1. The maximum atomic E-state index is 13.8. The Morgan fingerprint density at radius 2 is 1.75 bits per heavy atom. The number of benzene rings is 4. The number of H-pyrrole nitrogens is 2. The minimum Gasteiger partial charge on any atom is -0.488 e. The lowest BCUT2D eigenvalue weighted by Gasteiger charge is -2.29. The summed E-state index contributed by atoms with van der Waals surface area (Å²) in [5.74, 6) is 2.55. The van der Waals surface area contributed by atoms with Crippen molar-refractivity contribution in [1.82, 2.24) is 35.1 Å². The first-order valence-corrected chi connectivity index (χ1v) is 19.8. The molecule has 0 saturated carbocycles. The second-order valence-corrected chi connectivity index (χ2v) is 15.0. The number of fused-ring (bicyclic) bond motifs is 6. The molecule has 0 saturated heterocycles. The second-order valence-electron chi connectivity index (χ2n) is 15.0. The third-order valence-electron chi connectivity index (χ3n) is 11.1. The molecule has 11 heteroatoms. The van der Waals surface area contributed by atoms with Crippen molar-refractivity contribution in [2.45, 2.75) is 92.1 Å². The van der Waals surface area contributed by atoms with E-state index in [1.54, 1.807) is 4.90 Å². The highest BCUT2D eigenvalue weighted by Crippen LogP contribution is 2.42. The summed E-state index contributed by atoms with van der Waals surface area (Å²) in [6.07, 6.45) is 5.58. The molecule has 0 spiro atoms. The Morgan fingerprint density at radius 1 is 0.929 bits per heavy atom. The smallest absolute Gasteiger partial charge is 0.250 e. The molecule has 4 aromatic carbocycles. The highest BCUT2D eigenvalue weighted by atomic mass is 16.5. The van der Waals surface area contributed by atoms with E-state index in [9.17, 15) is 14.4 Å². The average molecular weight is 754 g/mol. The molecule has 1 aliphatic rings. The van der Waals surface area contributed by atoms with Crippen molar-refractivity contribution in [3.63, 3.8) is 0 Å². The van der Waals surface area contributed by atoms with Crippen molar-refractivity contribution < 1.29 is 19.1 Å². The number of ether oxygens (including phenoxy) is 1. The van der Waals surface area contributed by atoms with Crippen LogP contribution in [0.5, 0.6) is 5.75 Å². The Balaban J connectivity index is 1.12. The zero-order chi connectivity index (χ0) is 39.3. The van der Waals surface area contributed by atoms with E-state index in [-0.39, 0.29) is 24.4 Å².